The zero-order valence-electron chi connectivity index (χ0n) is 12.5. The third kappa shape index (κ3) is 4.35. The van der Waals surface area contributed by atoms with E-state index < -0.39 is 0 Å². The Balaban J connectivity index is 2.95. The van der Waals surface area contributed by atoms with E-state index in [0.717, 1.165) is 24.9 Å². The molecule has 3 nitrogen and oxygen atoms in total. The topological polar surface area (TPSA) is 38.3 Å². The second kappa shape index (κ2) is 7.29. The lowest BCUT2D eigenvalue weighted by Crippen LogP contribution is -2.42. The molecule has 3 heteroatoms. The molecule has 1 aromatic carbocycles. The molecule has 0 aromatic heterocycles. The standard InChI is InChI=1S/C16H25NO2/c1-5-11-17-16(3,12-15(18)19-4)14-9-7-13(6-2)8-10-14/h7-10,17H,5-6,11-12H2,1-4H3. The minimum Gasteiger partial charge on any atom is -0.469 e. The first-order valence-electron chi connectivity index (χ1n) is 6.97. The van der Waals surface area contributed by atoms with E-state index in [4.69, 9.17) is 4.74 Å². The molecule has 0 heterocycles. The summed E-state index contributed by atoms with van der Waals surface area (Å²) < 4.78 is 4.81. The number of esters is 1. The fourth-order valence-corrected chi connectivity index (χ4v) is 2.14. The molecule has 0 spiro atoms. The Bertz CT molecular complexity index is 400. The number of benzene rings is 1. The second-order valence-electron chi connectivity index (χ2n) is 5.06. The fourth-order valence-electron chi connectivity index (χ4n) is 2.14. The van der Waals surface area contributed by atoms with E-state index in [0.29, 0.717) is 6.42 Å². The van der Waals surface area contributed by atoms with Gasteiger partial charge in [0.25, 0.3) is 0 Å². The van der Waals surface area contributed by atoms with Gasteiger partial charge < -0.3 is 10.1 Å². The highest BCUT2D eigenvalue weighted by atomic mass is 16.5. The van der Waals surface area contributed by atoms with Gasteiger partial charge in [-0.1, -0.05) is 38.1 Å². The number of carbonyl (C=O) groups is 1. The van der Waals surface area contributed by atoms with Crippen molar-refractivity contribution in [1.82, 2.24) is 5.32 Å². The molecule has 0 amide bonds. The lowest BCUT2D eigenvalue weighted by Gasteiger charge is -2.30. The van der Waals surface area contributed by atoms with Gasteiger partial charge in [-0.15, -0.1) is 0 Å². The van der Waals surface area contributed by atoms with Crippen LogP contribution in [0.25, 0.3) is 0 Å². The highest BCUT2D eigenvalue weighted by Crippen LogP contribution is 2.25. The van der Waals surface area contributed by atoms with Gasteiger partial charge in [0.2, 0.25) is 0 Å². The van der Waals surface area contributed by atoms with Crippen molar-refractivity contribution in [3.63, 3.8) is 0 Å². The normalized spacial score (nSPS) is 13.9. The Morgan fingerprint density at radius 1 is 1.26 bits per heavy atom. The molecule has 1 N–H and O–H groups in total. The Hall–Kier alpha value is -1.35. The van der Waals surface area contributed by atoms with E-state index >= 15 is 0 Å². The molecule has 0 saturated carbocycles. The van der Waals surface area contributed by atoms with Crippen molar-refractivity contribution in [1.29, 1.82) is 0 Å². The highest BCUT2D eigenvalue weighted by molar-refractivity contribution is 5.71. The smallest absolute Gasteiger partial charge is 0.307 e. The quantitative estimate of drug-likeness (QED) is 0.768. The van der Waals surface area contributed by atoms with Crippen LogP contribution >= 0.6 is 0 Å². The molecule has 106 valence electrons. The molecular formula is C16H25NO2. The van der Waals surface area contributed by atoms with E-state index in [1.54, 1.807) is 0 Å². The van der Waals surface area contributed by atoms with Gasteiger partial charge in [0.1, 0.15) is 0 Å². The molecule has 1 atom stereocenters. The van der Waals surface area contributed by atoms with Crippen molar-refractivity contribution in [2.75, 3.05) is 13.7 Å². The number of hydrogen-bond donors (Lipinski definition) is 1. The molecule has 0 bridgehead atoms. The van der Waals surface area contributed by atoms with E-state index in [1.165, 1.54) is 12.7 Å². The molecular weight excluding hydrogens is 238 g/mol. The van der Waals surface area contributed by atoms with Crippen LogP contribution in [0.5, 0.6) is 0 Å². The maximum Gasteiger partial charge on any atom is 0.307 e. The first-order chi connectivity index (χ1) is 9.05. The number of hydrogen-bond acceptors (Lipinski definition) is 3. The second-order valence-corrected chi connectivity index (χ2v) is 5.06. The van der Waals surface area contributed by atoms with Gasteiger partial charge in [0.15, 0.2) is 0 Å². The summed E-state index contributed by atoms with van der Waals surface area (Å²) in [7, 11) is 1.43. The largest absolute Gasteiger partial charge is 0.469 e. The van der Waals surface area contributed by atoms with Crippen molar-refractivity contribution in [3.05, 3.63) is 35.4 Å². The van der Waals surface area contributed by atoms with Gasteiger partial charge in [-0.05, 0) is 37.4 Å². The molecule has 0 fully saturated rings. The SMILES string of the molecule is CCCNC(C)(CC(=O)OC)c1ccc(CC)cc1. The van der Waals surface area contributed by atoms with E-state index in [1.807, 2.05) is 0 Å². The van der Waals surface area contributed by atoms with Gasteiger partial charge >= 0.3 is 5.97 Å². The maximum absolute atomic E-state index is 11.6. The average Bonchev–Trinajstić information content (AvgIpc) is 2.45. The number of nitrogens with one attached hydrogen (secondary N) is 1. The van der Waals surface area contributed by atoms with Crippen LogP contribution in [0, 0.1) is 0 Å². The third-order valence-corrected chi connectivity index (χ3v) is 3.49. The molecule has 0 aliphatic heterocycles. The maximum atomic E-state index is 11.6. The van der Waals surface area contributed by atoms with Gasteiger partial charge in [0.05, 0.1) is 19.1 Å². The number of aryl methyl sites for hydroxylation is 1. The average molecular weight is 263 g/mol. The molecule has 0 radical (unpaired) electrons. The zero-order valence-corrected chi connectivity index (χ0v) is 12.5. The molecule has 0 saturated heterocycles. The van der Waals surface area contributed by atoms with Crippen LogP contribution in [0.4, 0.5) is 0 Å². The monoisotopic (exact) mass is 263 g/mol. The fraction of sp³-hybridized carbons (Fsp3) is 0.562. The van der Waals surface area contributed by atoms with Crippen LogP contribution < -0.4 is 5.32 Å². The summed E-state index contributed by atoms with van der Waals surface area (Å²) in [5.74, 6) is -0.189. The Labute approximate surface area is 116 Å². The lowest BCUT2D eigenvalue weighted by molar-refractivity contribution is -0.142. The third-order valence-electron chi connectivity index (χ3n) is 3.49. The van der Waals surface area contributed by atoms with Crippen LogP contribution in [0.1, 0.15) is 44.7 Å². The first-order valence-corrected chi connectivity index (χ1v) is 6.97. The summed E-state index contributed by atoms with van der Waals surface area (Å²) in [6, 6.07) is 8.45. The van der Waals surface area contributed by atoms with Crippen molar-refractivity contribution in [3.8, 4) is 0 Å². The predicted octanol–water partition coefficient (Wildman–Crippen LogP) is 3.03. The van der Waals surface area contributed by atoms with Crippen LogP contribution in [0.3, 0.4) is 0 Å². The first kappa shape index (κ1) is 15.7. The molecule has 1 rings (SSSR count). The summed E-state index contributed by atoms with van der Waals surface area (Å²) in [6.07, 6.45) is 2.40. The van der Waals surface area contributed by atoms with Crippen LogP contribution in [0.15, 0.2) is 24.3 Å². The Kier molecular flexibility index (Phi) is 6.03. The summed E-state index contributed by atoms with van der Waals surface area (Å²) in [6.45, 7) is 7.19. The van der Waals surface area contributed by atoms with Crippen molar-refractivity contribution in [2.24, 2.45) is 0 Å². The van der Waals surface area contributed by atoms with Gasteiger partial charge in [-0.2, -0.15) is 0 Å². The number of rotatable bonds is 7. The van der Waals surface area contributed by atoms with Gasteiger partial charge in [-0.3, -0.25) is 4.79 Å². The number of methoxy groups -OCH3 is 1. The Morgan fingerprint density at radius 3 is 2.37 bits per heavy atom. The number of ether oxygens (including phenoxy) is 1. The summed E-state index contributed by atoms with van der Waals surface area (Å²) >= 11 is 0. The summed E-state index contributed by atoms with van der Waals surface area (Å²) in [4.78, 5) is 11.6. The molecule has 19 heavy (non-hydrogen) atoms. The molecule has 1 unspecified atom stereocenters. The lowest BCUT2D eigenvalue weighted by atomic mass is 9.87. The van der Waals surface area contributed by atoms with Crippen molar-refractivity contribution < 1.29 is 9.53 Å². The zero-order chi connectivity index (χ0) is 14.3. The van der Waals surface area contributed by atoms with Crippen LogP contribution in [-0.4, -0.2) is 19.6 Å². The van der Waals surface area contributed by atoms with Crippen LogP contribution in [-0.2, 0) is 21.5 Å². The number of carbonyl (C=O) groups excluding carboxylic acids is 1. The summed E-state index contributed by atoms with van der Waals surface area (Å²) in [5, 5.41) is 3.46. The van der Waals surface area contributed by atoms with Crippen molar-refractivity contribution >= 4 is 5.97 Å². The molecule has 0 aliphatic rings. The van der Waals surface area contributed by atoms with Gasteiger partial charge in [-0.25, -0.2) is 0 Å². The van der Waals surface area contributed by atoms with Crippen LogP contribution in [0.2, 0.25) is 0 Å². The Morgan fingerprint density at radius 2 is 1.89 bits per heavy atom. The van der Waals surface area contributed by atoms with E-state index in [9.17, 15) is 4.79 Å². The molecule has 0 aliphatic carbocycles. The van der Waals surface area contributed by atoms with Crippen molar-refractivity contribution in [2.45, 2.75) is 45.6 Å². The van der Waals surface area contributed by atoms with E-state index in [2.05, 4.69) is 50.4 Å². The highest BCUT2D eigenvalue weighted by Gasteiger charge is 2.29. The minimum absolute atomic E-state index is 0.189. The van der Waals surface area contributed by atoms with Gasteiger partial charge in [0, 0.05) is 0 Å². The van der Waals surface area contributed by atoms with E-state index in [-0.39, 0.29) is 11.5 Å². The minimum atomic E-state index is -0.366. The predicted molar refractivity (Wildman–Crippen MR) is 78.1 cm³/mol. The summed E-state index contributed by atoms with van der Waals surface area (Å²) in [5.41, 5.74) is 2.07. The molecule has 1 aromatic rings.